The molecule has 152 valence electrons. The predicted molar refractivity (Wildman–Crippen MR) is 116 cm³/mol. The molecule has 0 spiro atoms. The highest BCUT2D eigenvalue weighted by molar-refractivity contribution is 6.06. The zero-order valence-corrected chi connectivity index (χ0v) is 16.7. The molecule has 0 bridgehead atoms. The van der Waals surface area contributed by atoms with Crippen LogP contribution in [0, 0.1) is 6.92 Å². The normalized spacial score (nSPS) is 19.4. The molecule has 1 atom stereocenters. The molecule has 8 heteroatoms. The second kappa shape index (κ2) is 8.40. The van der Waals surface area contributed by atoms with E-state index in [2.05, 4.69) is 50.2 Å². The number of nitrogens with zero attached hydrogens (tertiary/aromatic N) is 4. The van der Waals surface area contributed by atoms with Crippen molar-refractivity contribution in [2.45, 2.75) is 13.2 Å². The smallest absolute Gasteiger partial charge is 0.222 e. The number of hydrogen-bond donors (Lipinski definition) is 2. The van der Waals surface area contributed by atoms with Crippen molar-refractivity contribution < 1.29 is 9.47 Å². The molecule has 0 saturated carbocycles. The average molecular weight is 394 g/mol. The first-order chi connectivity index (χ1) is 14.1. The number of methoxy groups -OCH3 is 1. The average Bonchev–Trinajstić information content (AvgIpc) is 2.74. The van der Waals surface area contributed by atoms with Crippen LogP contribution < -0.4 is 20.7 Å². The highest BCUT2D eigenvalue weighted by atomic mass is 16.5. The second-order valence-electron chi connectivity index (χ2n) is 6.96. The zero-order chi connectivity index (χ0) is 20.2. The highest BCUT2D eigenvalue weighted by Crippen LogP contribution is 2.26. The van der Waals surface area contributed by atoms with Crippen LogP contribution in [0.25, 0.3) is 0 Å². The third kappa shape index (κ3) is 4.27. The van der Waals surface area contributed by atoms with Gasteiger partial charge >= 0.3 is 0 Å². The number of aryl methyl sites for hydroxylation is 1. The van der Waals surface area contributed by atoms with Crippen molar-refractivity contribution in [2.75, 3.05) is 43.6 Å². The monoisotopic (exact) mass is 394 g/mol. The molecule has 0 aliphatic carbocycles. The Hall–Kier alpha value is -3.26. The van der Waals surface area contributed by atoms with Crippen LogP contribution in [0.1, 0.15) is 5.56 Å². The van der Waals surface area contributed by atoms with E-state index in [0.717, 1.165) is 41.7 Å². The van der Waals surface area contributed by atoms with E-state index < -0.39 is 6.29 Å². The first-order valence-electron chi connectivity index (χ1n) is 9.65. The molecule has 2 aliphatic rings. The van der Waals surface area contributed by atoms with Gasteiger partial charge in [-0.1, -0.05) is 18.2 Å². The topological polar surface area (TPSA) is 87.7 Å². The van der Waals surface area contributed by atoms with Crippen LogP contribution in [0.15, 0.2) is 58.5 Å². The number of morpholine rings is 1. The van der Waals surface area contributed by atoms with Gasteiger partial charge in [-0.25, -0.2) is 4.99 Å². The molecule has 2 aromatic carbocycles. The Morgan fingerprint density at radius 1 is 1.14 bits per heavy atom. The summed E-state index contributed by atoms with van der Waals surface area (Å²) in [5.41, 5.74) is 9.15. The van der Waals surface area contributed by atoms with Gasteiger partial charge in [0, 0.05) is 30.5 Å². The molecule has 29 heavy (non-hydrogen) atoms. The number of rotatable bonds is 4. The summed E-state index contributed by atoms with van der Waals surface area (Å²) in [5, 5.41) is 3.46. The lowest BCUT2D eigenvalue weighted by atomic mass is 10.2. The lowest BCUT2D eigenvalue weighted by molar-refractivity contribution is 0.0671. The molecular weight excluding hydrogens is 368 g/mol. The van der Waals surface area contributed by atoms with E-state index in [9.17, 15) is 0 Å². The van der Waals surface area contributed by atoms with E-state index in [1.807, 2.05) is 30.3 Å². The number of benzene rings is 2. The number of guanidine groups is 2. The van der Waals surface area contributed by atoms with Gasteiger partial charge in [0.05, 0.1) is 20.3 Å². The molecule has 1 fully saturated rings. The Morgan fingerprint density at radius 2 is 1.93 bits per heavy atom. The van der Waals surface area contributed by atoms with E-state index in [1.54, 1.807) is 7.11 Å². The molecule has 2 heterocycles. The second-order valence-corrected chi connectivity index (χ2v) is 6.96. The molecular formula is C21H26N6O2. The molecule has 3 N–H and O–H groups in total. The van der Waals surface area contributed by atoms with Gasteiger partial charge in [-0.2, -0.15) is 4.99 Å². The molecule has 0 radical (unpaired) electrons. The van der Waals surface area contributed by atoms with E-state index in [4.69, 9.17) is 15.2 Å². The fraction of sp³-hybridized carbons (Fsp3) is 0.333. The van der Waals surface area contributed by atoms with Gasteiger partial charge < -0.3 is 25.4 Å². The van der Waals surface area contributed by atoms with E-state index >= 15 is 0 Å². The van der Waals surface area contributed by atoms with Crippen molar-refractivity contribution in [2.24, 2.45) is 15.7 Å². The van der Waals surface area contributed by atoms with Gasteiger partial charge in [-0.3, -0.25) is 4.90 Å². The summed E-state index contributed by atoms with van der Waals surface area (Å²) in [4.78, 5) is 13.4. The van der Waals surface area contributed by atoms with E-state index in [-0.39, 0.29) is 5.96 Å². The summed E-state index contributed by atoms with van der Waals surface area (Å²) in [5.74, 6) is 1.79. The number of hydrogen-bond acceptors (Lipinski definition) is 8. The molecule has 2 aliphatic heterocycles. The van der Waals surface area contributed by atoms with Gasteiger partial charge in [-0.15, -0.1) is 0 Å². The van der Waals surface area contributed by atoms with Crippen LogP contribution in [0.3, 0.4) is 0 Å². The van der Waals surface area contributed by atoms with E-state index in [0.29, 0.717) is 13.2 Å². The highest BCUT2D eigenvalue weighted by Gasteiger charge is 2.32. The van der Waals surface area contributed by atoms with Crippen LogP contribution in [-0.4, -0.2) is 56.5 Å². The molecule has 2 aromatic rings. The fourth-order valence-corrected chi connectivity index (χ4v) is 3.46. The standard InChI is InChI=1S/C21H26N6O2/c1-15-5-3-7-17(13-15)27-20(23-16-6-4-8-18(14-16)28-2)24-19(22)25-21(27)26-9-11-29-12-10-26/h3-8,13-14,20,23H,9-12H2,1-2H3,(H2,22,24). The Bertz CT molecular complexity index is 923. The number of ether oxygens (including phenoxy) is 2. The van der Waals surface area contributed by atoms with Crippen LogP contribution in [0.2, 0.25) is 0 Å². The van der Waals surface area contributed by atoms with Crippen LogP contribution in [-0.2, 0) is 4.74 Å². The summed E-state index contributed by atoms with van der Waals surface area (Å²) >= 11 is 0. The van der Waals surface area contributed by atoms with Crippen molar-refractivity contribution in [3.8, 4) is 5.75 Å². The lowest BCUT2D eigenvalue weighted by Crippen LogP contribution is -2.57. The first-order valence-corrected chi connectivity index (χ1v) is 9.65. The maximum absolute atomic E-state index is 6.12. The molecule has 1 unspecified atom stereocenters. The minimum Gasteiger partial charge on any atom is -0.497 e. The summed E-state index contributed by atoms with van der Waals surface area (Å²) in [6.45, 7) is 4.89. The number of nitrogens with one attached hydrogen (secondary N) is 1. The van der Waals surface area contributed by atoms with Crippen molar-refractivity contribution in [3.05, 3.63) is 54.1 Å². The first kappa shape index (κ1) is 19.1. The predicted octanol–water partition coefficient (Wildman–Crippen LogP) is 2.22. The molecule has 0 aromatic heterocycles. The quantitative estimate of drug-likeness (QED) is 0.827. The zero-order valence-electron chi connectivity index (χ0n) is 16.7. The summed E-state index contributed by atoms with van der Waals surface area (Å²) in [6.07, 6.45) is -0.445. The van der Waals surface area contributed by atoms with Gasteiger partial charge in [0.15, 0.2) is 0 Å². The maximum atomic E-state index is 6.12. The Kier molecular flexibility index (Phi) is 5.53. The van der Waals surface area contributed by atoms with Crippen molar-refractivity contribution in [3.63, 3.8) is 0 Å². The minimum absolute atomic E-state index is 0.246. The number of aliphatic imine (C=N–C) groups is 2. The largest absolute Gasteiger partial charge is 0.497 e. The van der Waals surface area contributed by atoms with Crippen molar-refractivity contribution in [1.29, 1.82) is 0 Å². The van der Waals surface area contributed by atoms with Crippen molar-refractivity contribution >= 4 is 23.3 Å². The number of anilines is 2. The van der Waals surface area contributed by atoms with Crippen LogP contribution in [0.4, 0.5) is 11.4 Å². The number of nitrogens with two attached hydrogens (primary N) is 1. The van der Waals surface area contributed by atoms with Crippen LogP contribution in [0.5, 0.6) is 5.75 Å². The Morgan fingerprint density at radius 3 is 2.69 bits per heavy atom. The SMILES string of the molecule is COc1cccc(NC2N=C(N)N=C(N3CCOCC3)N2c2cccc(C)c2)c1. The summed E-state index contributed by atoms with van der Waals surface area (Å²) in [7, 11) is 1.65. The minimum atomic E-state index is -0.445. The molecule has 0 amide bonds. The Labute approximate surface area is 170 Å². The molecule has 4 rings (SSSR count). The van der Waals surface area contributed by atoms with Gasteiger partial charge in [-0.05, 0) is 36.8 Å². The van der Waals surface area contributed by atoms with Gasteiger partial charge in [0.1, 0.15) is 5.75 Å². The lowest BCUT2D eigenvalue weighted by Gasteiger charge is -2.41. The summed E-state index contributed by atoms with van der Waals surface area (Å²) < 4.78 is 10.9. The van der Waals surface area contributed by atoms with Gasteiger partial charge in [0.2, 0.25) is 18.2 Å². The fourth-order valence-electron chi connectivity index (χ4n) is 3.46. The van der Waals surface area contributed by atoms with Crippen LogP contribution >= 0.6 is 0 Å². The molecule has 1 saturated heterocycles. The third-order valence-electron chi connectivity index (χ3n) is 4.87. The third-order valence-corrected chi connectivity index (χ3v) is 4.87. The molecule has 8 nitrogen and oxygen atoms in total. The van der Waals surface area contributed by atoms with Crippen molar-refractivity contribution in [1.82, 2.24) is 4.90 Å². The summed E-state index contributed by atoms with van der Waals surface area (Å²) in [6, 6.07) is 16.0. The van der Waals surface area contributed by atoms with E-state index in [1.165, 1.54) is 0 Å². The maximum Gasteiger partial charge on any atom is 0.222 e. The van der Waals surface area contributed by atoms with Gasteiger partial charge in [0.25, 0.3) is 0 Å². The Balaban J connectivity index is 1.72.